The van der Waals surface area contributed by atoms with E-state index in [1.165, 1.54) is 0 Å². The molecule has 5 rings (SSSR count). The molecule has 1 amide bonds. The van der Waals surface area contributed by atoms with Gasteiger partial charge in [-0.25, -0.2) is 4.68 Å². The lowest BCUT2D eigenvalue weighted by molar-refractivity contribution is 0.0737. The standard InChI is InChI=1S/C24H21ClN4OS/c25-19-5-4-8-21(15-19)27-10-12-28(13-11-27)24(30)23-16-22(18-9-14-31-17-18)26-29(23)20-6-2-1-3-7-20/h1-9,14-17H,10-13H2. The second kappa shape index (κ2) is 8.57. The van der Waals surface area contributed by atoms with Gasteiger partial charge < -0.3 is 9.80 Å². The first-order valence-corrected chi connectivity index (χ1v) is 11.5. The van der Waals surface area contributed by atoms with Crippen molar-refractivity contribution in [1.29, 1.82) is 0 Å². The van der Waals surface area contributed by atoms with Crippen LogP contribution in [0.25, 0.3) is 16.9 Å². The first-order valence-electron chi connectivity index (χ1n) is 10.2. The van der Waals surface area contributed by atoms with Crippen LogP contribution in [0.4, 0.5) is 5.69 Å². The summed E-state index contributed by atoms with van der Waals surface area (Å²) < 4.78 is 1.76. The third-order valence-electron chi connectivity index (χ3n) is 5.49. The van der Waals surface area contributed by atoms with Crippen LogP contribution in [0.2, 0.25) is 5.02 Å². The number of piperazine rings is 1. The van der Waals surface area contributed by atoms with Crippen molar-refractivity contribution < 1.29 is 4.79 Å². The highest BCUT2D eigenvalue weighted by Crippen LogP contribution is 2.26. The van der Waals surface area contributed by atoms with Crippen LogP contribution in [0.1, 0.15) is 10.5 Å². The van der Waals surface area contributed by atoms with Crippen LogP contribution in [-0.2, 0) is 0 Å². The average molecular weight is 449 g/mol. The second-order valence-electron chi connectivity index (χ2n) is 7.43. The number of hydrogen-bond acceptors (Lipinski definition) is 4. The van der Waals surface area contributed by atoms with E-state index in [4.69, 9.17) is 16.7 Å². The Morgan fingerprint density at radius 3 is 2.39 bits per heavy atom. The van der Waals surface area contributed by atoms with Crippen molar-refractivity contribution in [3.63, 3.8) is 0 Å². The minimum absolute atomic E-state index is 0.00331. The van der Waals surface area contributed by atoms with Gasteiger partial charge in [-0.3, -0.25) is 4.79 Å². The molecule has 2 aromatic heterocycles. The Morgan fingerprint density at radius 1 is 0.903 bits per heavy atom. The molecule has 1 aliphatic rings. The number of para-hydroxylation sites is 1. The van der Waals surface area contributed by atoms with E-state index < -0.39 is 0 Å². The molecule has 0 N–H and O–H groups in total. The van der Waals surface area contributed by atoms with Crippen LogP contribution in [0.3, 0.4) is 0 Å². The summed E-state index contributed by atoms with van der Waals surface area (Å²) >= 11 is 7.76. The van der Waals surface area contributed by atoms with Crippen molar-refractivity contribution in [2.75, 3.05) is 31.1 Å². The molecule has 0 bridgehead atoms. The van der Waals surface area contributed by atoms with Crippen LogP contribution in [0, 0.1) is 0 Å². The number of thiophene rings is 1. The topological polar surface area (TPSA) is 41.4 Å². The van der Waals surface area contributed by atoms with Gasteiger partial charge in [0.1, 0.15) is 5.69 Å². The largest absolute Gasteiger partial charge is 0.368 e. The quantitative estimate of drug-likeness (QED) is 0.430. The van der Waals surface area contributed by atoms with Crippen LogP contribution in [0.15, 0.2) is 77.5 Å². The molecule has 7 heteroatoms. The lowest BCUT2D eigenvalue weighted by atomic mass is 10.2. The van der Waals surface area contributed by atoms with E-state index in [0.717, 1.165) is 40.7 Å². The summed E-state index contributed by atoms with van der Waals surface area (Å²) in [6.07, 6.45) is 0. The second-order valence-corrected chi connectivity index (χ2v) is 8.65. The van der Waals surface area contributed by atoms with E-state index in [0.29, 0.717) is 18.8 Å². The molecule has 0 unspecified atom stereocenters. The fourth-order valence-corrected chi connectivity index (χ4v) is 4.69. The number of benzene rings is 2. The molecule has 0 aliphatic carbocycles. The number of aromatic nitrogens is 2. The Hall–Kier alpha value is -3.09. The Labute approximate surface area is 190 Å². The third-order valence-corrected chi connectivity index (χ3v) is 6.40. The SMILES string of the molecule is O=C(c1cc(-c2ccsc2)nn1-c1ccccc1)N1CCN(c2cccc(Cl)c2)CC1. The van der Waals surface area contributed by atoms with E-state index in [1.807, 2.05) is 70.9 Å². The number of rotatable bonds is 4. The maximum atomic E-state index is 13.5. The molecule has 156 valence electrons. The monoisotopic (exact) mass is 448 g/mol. The summed E-state index contributed by atoms with van der Waals surface area (Å²) in [7, 11) is 0. The Bertz CT molecular complexity index is 1180. The van der Waals surface area contributed by atoms with Crippen molar-refractivity contribution >= 4 is 34.5 Å². The number of amides is 1. The summed E-state index contributed by atoms with van der Waals surface area (Å²) in [5, 5.41) is 9.56. The number of carbonyl (C=O) groups is 1. The third kappa shape index (κ3) is 4.09. The molecule has 1 saturated heterocycles. The smallest absolute Gasteiger partial charge is 0.272 e. The normalized spacial score (nSPS) is 14.1. The van der Waals surface area contributed by atoms with Gasteiger partial charge in [-0.1, -0.05) is 35.9 Å². The predicted molar refractivity (Wildman–Crippen MR) is 126 cm³/mol. The molecule has 2 aromatic carbocycles. The number of carbonyl (C=O) groups excluding carboxylic acids is 1. The Morgan fingerprint density at radius 2 is 1.68 bits per heavy atom. The molecule has 4 aromatic rings. The van der Waals surface area contributed by atoms with E-state index >= 15 is 0 Å². The molecular formula is C24H21ClN4OS. The summed E-state index contributed by atoms with van der Waals surface area (Å²) in [5.41, 5.74) is 4.40. The number of nitrogens with zero attached hydrogens (tertiary/aromatic N) is 4. The number of halogens is 1. The van der Waals surface area contributed by atoms with E-state index in [1.54, 1.807) is 16.0 Å². The molecule has 31 heavy (non-hydrogen) atoms. The minimum atomic E-state index is 0.00331. The summed E-state index contributed by atoms with van der Waals surface area (Å²) in [6, 6.07) is 21.6. The first-order chi connectivity index (χ1) is 15.2. The van der Waals surface area contributed by atoms with E-state index in [-0.39, 0.29) is 5.91 Å². The maximum Gasteiger partial charge on any atom is 0.272 e. The van der Waals surface area contributed by atoms with Gasteiger partial charge in [0.25, 0.3) is 5.91 Å². The zero-order chi connectivity index (χ0) is 21.2. The molecule has 3 heterocycles. The van der Waals surface area contributed by atoms with Crippen LogP contribution >= 0.6 is 22.9 Å². The zero-order valence-corrected chi connectivity index (χ0v) is 18.4. The molecule has 1 aliphatic heterocycles. The van der Waals surface area contributed by atoms with E-state index in [9.17, 15) is 4.79 Å². The molecule has 0 spiro atoms. The fraction of sp³-hybridized carbons (Fsp3) is 0.167. The summed E-state index contributed by atoms with van der Waals surface area (Å²) in [4.78, 5) is 17.7. The molecular weight excluding hydrogens is 428 g/mol. The first kappa shape index (κ1) is 19.8. The fourth-order valence-electron chi connectivity index (χ4n) is 3.85. The number of anilines is 1. The van der Waals surface area contributed by atoms with Gasteiger partial charge in [0.15, 0.2) is 0 Å². The van der Waals surface area contributed by atoms with Gasteiger partial charge in [-0.2, -0.15) is 16.4 Å². The van der Waals surface area contributed by atoms with E-state index in [2.05, 4.69) is 16.3 Å². The summed E-state index contributed by atoms with van der Waals surface area (Å²) in [5.74, 6) is 0.00331. The van der Waals surface area contributed by atoms with Crippen molar-refractivity contribution in [1.82, 2.24) is 14.7 Å². The van der Waals surface area contributed by atoms with Crippen molar-refractivity contribution in [2.45, 2.75) is 0 Å². The Kier molecular flexibility index (Phi) is 5.49. The van der Waals surface area contributed by atoms with Crippen molar-refractivity contribution in [3.05, 3.63) is 88.2 Å². The maximum absolute atomic E-state index is 13.5. The zero-order valence-electron chi connectivity index (χ0n) is 16.8. The van der Waals surface area contributed by atoms with Crippen molar-refractivity contribution in [3.8, 4) is 16.9 Å². The Balaban J connectivity index is 1.40. The highest BCUT2D eigenvalue weighted by atomic mass is 35.5. The molecule has 5 nitrogen and oxygen atoms in total. The lowest BCUT2D eigenvalue weighted by Crippen LogP contribution is -2.49. The molecule has 1 fully saturated rings. The minimum Gasteiger partial charge on any atom is -0.368 e. The highest BCUT2D eigenvalue weighted by Gasteiger charge is 2.26. The van der Waals surface area contributed by atoms with Crippen LogP contribution in [-0.4, -0.2) is 46.8 Å². The van der Waals surface area contributed by atoms with Gasteiger partial charge in [-0.05, 0) is 47.8 Å². The van der Waals surface area contributed by atoms with Crippen molar-refractivity contribution in [2.24, 2.45) is 0 Å². The average Bonchev–Trinajstić information content (AvgIpc) is 3.49. The molecule has 0 saturated carbocycles. The van der Waals surface area contributed by atoms with Gasteiger partial charge in [0.2, 0.25) is 0 Å². The molecule has 0 radical (unpaired) electrons. The van der Waals surface area contributed by atoms with Crippen LogP contribution < -0.4 is 4.90 Å². The van der Waals surface area contributed by atoms with Gasteiger partial charge in [0.05, 0.1) is 11.4 Å². The summed E-state index contributed by atoms with van der Waals surface area (Å²) in [6.45, 7) is 2.84. The van der Waals surface area contributed by atoms with Gasteiger partial charge in [0, 0.05) is 47.8 Å². The number of hydrogen-bond donors (Lipinski definition) is 0. The predicted octanol–water partition coefficient (Wildman–Crippen LogP) is 5.22. The molecule has 0 atom stereocenters. The highest BCUT2D eigenvalue weighted by molar-refractivity contribution is 7.08. The van der Waals surface area contributed by atoms with Gasteiger partial charge in [-0.15, -0.1) is 0 Å². The van der Waals surface area contributed by atoms with Gasteiger partial charge >= 0.3 is 0 Å². The lowest BCUT2D eigenvalue weighted by Gasteiger charge is -2.36. The van der Waals surface area contributed by atoms with Crippen LogP contribution in [0.5, 0.6) is 0 Å².